The molecule has 2 rings (SSSR count). The fourth-order valence-electron chi connectivity index (χ4n) is 2.00. The Labute approximate surface area is 111 Å². The molecule has 0 saturated carbocycles. The van der Waals surface area contributed by atoms with Crippen molar-refractivity contribution in [3.05, 3.63) is 27.9 Å². The maximum absolute atomic E-state index is 11.7. The number of ether oxygens (including phenoxy) is 1. The quantitative estimate of drug-likeness (QED) is 0.842. The summed E-state index contributed by atoms with van der Waals surface area (Å²) in [5.74, 6) is 0.755. The first-order valence-electron chi connectivity index (χ1n) is 6.11. The van der Waals surface area contributed by atoms with E-state index in [1.807, 2.05) is 0 Å². The molecule has 1 unspecified atom stereocenters. The zero-order chi connectivity index (χ0) is 13.1. The van der Waals surface area contributed by atoms with Gasteiger partial charge in [-0.3, -0.25) is 9.69 Å². The third kappa shape index (κ3) is 2.91. The van der Waals surface area contributed by atoms with Gasteiger partial charge in [-0.1, -0.05) is 0 Å². The van der Waals surface area contributed by atoms with E-state index in [0.29, 0.717) is 24.0 Å². The second kappa shape index (κ2) is 5.82. The number of H-pyrrole nitrogens is 1. The standard InChI is InChI=1S/C12H18ClN3O2/c1-8(2)16-3-4-18-10(7-16)11-14-6-9(5-13)12(17)15-11/h6,8,10H,3-5,7H2,1-2H3,(H,14,15,17). The molecule has 5 nitrogen and oxygen atoms in total. The zero-order valence-electron chi connectivity index (χ0n) is 10.6. The largest absolute Gasteiger partial charge is 0.368 e. The number of rotatable bonds is 3. The molecule has 0 amide bonds. The van der Waals surface area contributed by atoms with Gasteiger partial charge in [-0.05, 0) is 13.8 Å². The van der Waals surface area contributed by atoms with Gasteiger partial charge >= 0.3 is 0 Å². The first-order chi connectivity index (χ1) is 8.61. The molecule has 100 valence electrons. The first-order valence-corrected chi connectivity index (χ1v) is 6.65. The highest BCUT2D eigenvalue weighted by atomic mass is 35.5. The molecule has 0 aromatic carbocycles. The summed E-state index contributed by atoms with van der Waals surface area (Å²) in [5, 5.41) is 0. The van der Waals surface area contributed by atoms with Gasteiger partial charge in [-0.25, -0.2) is 4.98 Å². The summed E-state index contributed by atoms with van der Waals surface area (Å²) in [6.45, 7) is 6.62. The van der Waals surface area contributed by atoms with Crippen LogP contribution in [0, 0.1) is 0 Å². The molecule has 1 fully saturated rings. The van der Waals surface area contributed by atoms with E-state index in [9.17, 15) is 4.79 Å². The number of nitrogens with one attached hydrogen (secondary N) is 1. The van der Waals surface area contributed by atoms with Crippen molar-refractivity contribution in [3.8, 4) is 0 Å². The molecule has 18 heavy (non-hydrogen) atoms. The van der Waals surface area contributed by atoms with Crippen LogP contribution in [-0.4, -0.2) is 40.6 Å². The number of morpholine rings is 1. The van der Waals surface area contributed by atoms with Crippen molar-refractivity contribution in [3.63, 3.8) is 0 Å². The van der Waals surface area contributed by atoms with Crippen molar-refractivity contribution in [2.75, 3.05) is 19.7 Å². The zero-order valence-corrected chi connectivity index (χ0v) is 11.4. The van der Waals surface area contributed by atoms with Crippen LogP contribution in [0.4, 0.5) is 0 Å². The van der Waals surface area contributed by atoms with Gasteiger partial charge in [0.25, 0.3) is 5.56 Å². The van der Waals surface area contributed by atoms with Gasteiger partial charge in [0.2, 0.25) is 0 Å². The Hall–Kier alpha value is -0.910. The molecule has 6 heteroatoms. The molecule has 0 bridgehead atoms. The Morgan fingerprint density at radius 1 is 1.67 bits per heavy atom. The predicted octanol–water partition coefficient (Wildman–Crippen LogP) is 1.29. The second-order valence-electron chi connectivity index (χ2n) is 4.70. The summed E-state index contributed by atoms with van der Waals surface area (Å²) in [4.78, 5) is 21.0. The van der Waals surface area contributed by atoms with Gasteiger partial charge in [-0.15, -0.1) is 11.6 Å². The van der Waals surface area contributed by atoms with Crippen LogP contribution < -0.4 is 5.56 Å². The van der Waals surface area contributed by atoms with Crippen LogP contribution in [0.1, 0.15) is 31.3 Å². The van der Waals surface area contributed by atoms with Crippen molar-refractivity contribution in [2.24, 2.45) is 0 Å². The number of hydrogen-bond acceptors (Lipinski definition) is 4. The van der Waals surface area contributed by atoms with E-state index >= 15 is 0 Å². The maximum Gasteiger partial charge on any atom is 0.255 e. The summed E-state index contributed by atoms with van der Waals surface area (Å²) in [6.07, 6.45) is 1.36. The minimum absolute atomic E-state index is 0.168. The lowest BCUT2D eigenvalue weighted by Gasteiger charge is -2.34. The van der Waals surface area contributed by atoms with Gasteiger partial charge in [0.05, 0.1) is 18.1 Å². The predicted molar refractivity (Wildman–Crippen MR) is 69.8 cm³/mol. The number of alkyl halides is 1. The lowest BCUT2D eigenvalue weighted by Crippen LogP contribution is -2.43. The Morgan fingerprint density at radius 2 is 2.44 bits per heavy atom. The number of nitrogens with zero attached hydrogens (tertiary/aromatic N) is 2. The summed E-state index contributed by atoms with van der Waals surface area (Å²) < 4.78 is 5.67. The van der Waals surface area contributed by atoms with Gasteiger partial charge in [0, 0.05) is 25.3 Å². The van der Waals surface area contributed by atoms with Crippen LogP contribution in [-0.2, 0) is 10.6 Å². The minimum atomic E-state index is -0.180. The van der Waals surface area contributed by atoms with Crippen molar-refractivity contribution in [1.29, 1.82) is 0 Å². The lowest BCUT2D eigenvalue weighted by molar-refractivity contribution is -0.0444. The Kier molecular flexibility index (Phi) is 4.37. The van der Waals surface area contributed by atoms with E-state index in [0.717, 1.165) is 13.1 Å². The van der Waals surface area contributed by atoms with Crippen LogP contribution in [0.15, 0.2) is 11.0 Å². The lowest BCUT2D eigenvalue weighted by atomic mass is 10.2. The Bertz CT molecular complexity index is 461. The molecular formula is C12H18ClN3O2. The number of halogens is 1. The van der Waals surface area contributed by atoms with Gasteiger partial charge in [-0.2, -0.15) is 0 Å². The van der Waals surface area contributed by atoms with Gasteiger partial charge < -0.3 is 9.72 Å². The highest BCUT2D eigenvalue weighted by molar-refractivity contribution is 6.17. The molecule has 0 spiro atoms. The third-order valence-corrected chi connectivity index (χ3v) is 3.46. The van der Waals surface area contributed by atoms with Crippen LogP contribution in [0.25, 0.3) is 0 Å². The van der Waals surface area contributed by atoms with Crippen molar-refractivity contribution in [2.45, 2.75) is 31.9 Å². The first kappa shape index (κ1) is 13.5. The molecule has 1 aliphatic rings. The summed E-state index contributed by atoms with van der Waals surface area (Å²) in [5.41, 5.74) is 0.303. The molecular weight excluding hydrogens is 254 g/mol. The third-order valence-electron chi connectivity index (χ3n) is 3.17. The second-order valence-corrected chi connectivity index (χ2v) is 4.97. The molecule has 1 aromatic heterocycles. The highest BCUT2D eigenvalue weighted by Crippen LogP contribution is 2.19. The fraction of sp³-hybridized carbons (Fsp3) is 0.667. The Balaban J connectivity index is 2.16. The number of hydrogen-bond donors (Lipinski definition) is 1. The number of aromatic nitrogens is 2. The number of aromatic amines is 1. The molecule has 1 N–H and O–H groups in total. The van der Waals surface area contributed by atoms with E-state index in [2.05, 4.69) is 28.7 Å². The molecule has 1 saturated heterocycles. The topological polar surface area (TPSA) is 58.2 Å². The van der Waals surface area contributed by atoms with Crippen LogP contribution in [0.2, 0.25) is 0 Å². The minimum Gasteiger partial charge on any atom is -0.368 e. The van der Waals surface area contributed by atoms with Crippen molar-refractivity contribution < 1.29 is 4.74 Å². The fourth-order valence-corrected chi connectivity index (χ4v) is 2.19. The molecule has 2 heterocycles. The molecule has 1 aromatic rings. The van der Waals surface area contributed by atoms with Crippen molar-refractivity contribution in [1.82, 2.24) is 14.9 Å². The van der Waals surface area contributed by atoms with Gasteiger partial charge in [0.15, 0.2) is 0 Å². The summed E-state index contributed by atoms with van der Waals surface area (Å²) >= 11 is 5.64. The van der Waals surface area contributed by atoms with E-state index < -0.39 is 0 Å². The maximum atomic E-state index is 11.7. The SMILES string of the molecule is CC(C)N1CCOC(c2ncc(CCl)c(=O)[nH]2)C1. The molecule has 0 aliphatic carbocycles. The normalized spacial score (nSPS) is 21.4. The molecule has 1 atom stereocenters. The summed E-state index contributed by atoms with van der Waals surface area (Å²) in [7, 11) is 0. The van der Waals surface area contributed by atoms with Crippen molar-refractivity contribution >= 4 is 11.6 Å². The van der Waals surface area contributed by atoms with E-state index in [1.54, 1.807) is 0 Å². The molecule has 1 aliphatic heterocycles. The van der Waals surface area contributed by atoms with E-state index in [-0.39, 0.29) is 17.5 Å². The Morgan fingerprint density at radius 3 is 3.06 bits per heavy atom. The average Bonchev–Trinajstić information content (AvgIpc) is 2.38. The molecule has 0 radical (unpaired) electrons. The van der Waals surface area contributed by atoms with E-state index in [4.69, 9.17) is 16.3 Å². The smallest absolute Gasteiger partial charge is 0.255 e. The van der Waals surface area contributed by atoms with Gasteiger partial charge in [0.1, 0.15) is 11.9 Å². The summed E-state index contributed by atoms with van der Waals surface area (Å²) in [6, 6.07) is 0.463. The highest BCUT2D eigenvalue weighted by Gasteiger charge is 2.25. The van der Waals surface area contributed by atoms with Crippen LogP contribution >= 0.6 is 11.6 Å². The monoisotopic (exact) mass is 271 g/mol. The average molecular weight is 272 g/mol. The van der Waals surface area contributed by atoms with E-state index in [1.165, 1.54) is 6.20 Å². The van der Waals surface area contributed by atoms with Crippen LogP contribution in [0.5, 0.6) is 0 Å². The van der Waals surface area contributed by atoms with Crippen LogP contribution in [0.3, 0.4) is 0 Å².